The van der Waals surface area contributed by atoms with Crippen LogP contribution < -0.4 is 4.90 Å². The lowest BCUT2D eigenvalue weighted by molar-refractivity contribution is 0.119. The maximum atomic E-state index is 5.57. The van der Waals surface area contributed by atoms with Gasteiger partial charge in [0.1, 0.15) is 17.8 Å². The molecule has 1 aliphatic heterocycles. The van der Waals surface area contributed by atoms with E-state index >= 15 is 0 Å². The molecule has 2 aliphatic carbocycles. The van der Waals surface area contributed by atoms with E-state index in [1.807, 2.05) is 13.3 Å². The summed E-state index contributed by atoms with van der Waals surface area (Å²) in [7, 11) is 4.04. The Balaban J connectivity index is 1.08. The smallest absolute Gasteiger partial charge is 0.142 e. The lowest BCUT2D eigenvalue weighted by atomic mass is 9.81. The second kappa shape index (κ2) is 6.94. The van der Waals surface area contributed by atoms with E-state index in [4.69, 9.17) is 4.74 Å². The van der Waals surface area contributed by atoms with Gasteiger partial charge in [-0.05, 0) is 44.1 Å². The van der Waals surface area contributed by atoms with E-state index in [0.717, 1.165) is 22.8 Å². The van der Waals surface area contributed by atoms with Crippen LogP contribution in [0.2, 0.25) is 0 Å². The van der Waals surface area contributed by atoms with Crippen LogP contribution in [0.4, 0.5) is 5.82 Å². The normalized spacial score (nSPS) is 29.8. The van der Waals surface area contributed by atoms with E-state index in [1.54, 1.807) is 6.33 Å². The number of rotatable bonds is 6. The second-order valence-corrected chi connectivity index (χ2v) is 9.66. The molecule has 3 heterocycles. The van der Waals surface area contributed by atoms with Gasteiger partial charge in [-0.25, -0.2) is 9.97 Å². The van der Waals surface area contributed by atoms with E-state index in [0.29, 0.717) is 17.6 Å². The molecule has 27 heavy (non-hydrogen) atoms. The standard InChI is InChI=1S/C20H29N5OS/c1-24(19-16-3-6-21-18(16)22-13-23-19)15-9-14(10-15)12-27-25-7-4-20(5-8-25)11-17(20)26-2/h3,6,13-15,17H,4-5,7-12H2,1-2H3,(H,21,22,23). The van der Waals surface area contributed by atoms with Gasteiger partial charge in [0, 0.05) is 50.7 Å². The molecule has 0 amide bonds. The first-order chi connectivity index (χ1) is 13.2. The fourth-order valence-corrected chi connectivity index (χ4v) is 6.04. The Bertz CT molecular complexity index is 797. The largest absolute Gasteiger partial charge is 0.381 e. The number of anilines is 1. The van der Waals surface area contributed by atoms with E-state index in [2.05, 4.69) is 49.2 Å². The number of ether oxygens (including phenoxy) is 1. The van der Waals surface area contributed by atoms with Gasteiger partial charge < -0.3 is 14.6 Å². The fraction of sp³-hybridized carbons (Fsp3) is 0.700. The average Bonchev–Trinajstić information content (AvgIpc) is 3.10. The van der Waals surface area contributed by atoms with Crippen LogP contribution in [0, 0.1) is 11.3 Å². The molecule has 146 valence electrons. The Hall–Kier alpha value is -1.31. The van der Waals surface area contributed by atoms with Gasteiger partial charge in [0.05, 0.1) is 11.5 Å². The number of aromatic nitrogens is 3. The van der Waals surface area contributed by atoms with Gasteiger partial charge in [0.25, 0.3) is 0 Å². The lowest BCUT2D eigenvalue weighted by Gasteiger charge is -2.42. The summed E-state index contributed by atoms with van der Waals surface area (Å²) in [4.78, 5) is 14.4. The monoisotopic (exact) mass is 387 g/mol. The van der Waals surface area contributed by atoms with Crippen LogP contribution in [-0.2, 0) is 4.74 Å². The van der Waals surface area contributed by atoms with Crippen molar-refractivity contribution in [1.82, 2.24) is 19.3 Å². The molecular weight excluding hydrogens is 358 g/mol. The van der Waals surface area contributed by atoms with Gasteiger partial charge >= 0.3 is 0 Å². The van der Waals surface area contributed by atoms with Crippen LogP contribution in [0.25, 0.3) is 11.0 Å². The third-order valence-corrected chi connectivity index (χ3v) is 8.39. The fourth-order valence-electron chi connectivity index (χ4n) is 4.91. The minimum absolute atomic E-state index is 0.539. The van der Waals surface area contributed by atoms with Crippen molar-refractivity contribution < 1.29 is 4.74 Å². The number of hydrogen-bond donors (Lipinski definition) is 1. The summed E-state index contributed by atoms with van der Waals surface area (Å²) in [5, 5.41) is 1.12. The number of fused-ring (bicyclic) bond motifs is 1. The summed E-state index contributed by atoms with van der Waals surface area (Å²) < 4.78 is 8.16. The summed E-state index contributed by atoms with van der Waals surface area (Å²) in [6, 6.07) is 2.67. The second-order valence-electron chi connectivity index (χ2n) is 8.56. The molecule has 1 N–H and O–H groups in total. The molecule has 1 atom stereocenters. The number of piperidine rings is 1. The number of aromatic amines is 1. The Morgan fingerprint density at radius 3 is 2.89 bits per heavy atom. The molecule has 6 nitrogen and oxygen atoms in total. The van der Waals surface area contributed by atoms with Crippen LogP contribution in [0.5, 0.6) is 0 Å². The number of nitrogens with zero attached hydrogens (tertiary/aromatic N) is 4. The van der Waals surface area contributed by atoms with E-state index in [9.17, 15) is 0 Å². The van der Waals surface area contributed by atoms with Crippen molar-refractivity contribution >= 4 is 28.8 Å². The summed E-state index contributed by atoms with van der Waals surface area (Å²) in [6.45, 7) is 2.46. The molecule has 3 aliphatic rings. The topological polar surface area (TPSA) is 57.3 Å². The zero-order chi connectivity index (χ0) is 18.4. The highest BCUT2D eigenvalue weighted by molar-refractivity contribution is 7.97. The van der Waals surface area contributed by atoms with Crippen molar-refractivity contribution in [2.75, 3.05) is 37.9 Å². The van der Waals surface area contributed by atoms with Gasteiger partial charge in [-0.1, -0.05) is 11.9 Å². The quantitative estimate of drug-likeness (QED) is 0.768. The molecule has 0 radical (unpaired) electrons. The Labute approximate surface area is 165 Å². The average molecular weight is 388 g/mol. The van der Waals surface area contributed by atoms with Crippen molar-refractivity contribution in [2.45, 2.75) is 44.2 Å². The van der Waals surface area contributed by atoms with Gasteiger partial charge in [-0.2, -0.15) is 0 Å². The molecule has 1 saturated heterocycles. The number of nitrogens with one attached hydrogen (secondary N) is 1. The maximum absolute atomic E-state index is 5.57. The lowest BCUT2D eigenvalue weighted by Crippen LogP contribution is -2.44. The van der Waals surface area contributed by atoms with Crippen LogP contribution in [0.15, 0.2) is 18.6 Å². The van der Waals surface area contributed by atoms with Crippen LogP contribution in [0.1, 0.15) is 32.1 Å². The molecule has 2 aromatic heterocycles. The highest BCUT2D eigenvalue weighted by Crippen LogP contribution is 2.56. The van der Waals surface area contributed by atoms with Crippen LogP contribution in [-0.4, -0.2) is 64.4 Å². The predicted molar refractivity (Wildman–Crippen MR) is 110 cm³/mol. The van der Waals surface area contributed by atoms with E-state index < -0.39 is 0 Å². The predicted octanol–water partition coefficient (Wildman–Crippen LogP) is 3.32. The summed E-state index contributed by atoms with van der Waals surface area (Å²) in [5.41, 5.74) is 1.46. The molecule has 2 saturated carbocycles. The van der Waals surface area contributed by atoms with Crippen molar-refractivity contribution in [2.24, 2.45) is 11.3 Å². The zero-order valence-corrected chi connectivity index (χ0v) is 17.0. The van der Waals surface area contributed by atoms with Crippen molar-refractivity contribution in [3.63, 3.8) is 0 Å². The molecule has 5 rings (SSSR count). The van der Waals surface area contributed by atoms with Gasteiger partial charge in [-0.3, -0.25) is 4.31 Å². The van der Waals surface area contributed by atoms with Gasteiger partial charge in [0.15, 0.2) is 0 Å². The minimum atomic E-state index is 0.539. The first-order valence-corrected chi connectivity index (χ1v) is 11.0. The SMILES string of the molecule is COC1CC12CCN(SCC1CC(N(C)c3ncnc4[nH]ccc34)C1)CC2. The molecule has 1 unspecified atom stereocenters. The van der Waals surface area contributed by atoms with E-state index in [-0.39, 0.29) is 0 Å². The molecule has 0 aromatic carbocycles. The number of hydrogen-bond acceptors (Lipinski definition) is 6. The van der Waals surface area contributed by atoms with Gasteiger partial charge in [0.2, 0.25) is 0 Å². The Morgan fingerprint density at radius 2 is 2.15 bits per heavy atom. The molecule has 1 spiro atoms. The first kappa shape index (κ1) is 17.8. The summed E-state index contributed by atoms with van der Waals surface area (Å²) in [6.07, 6.45) is 10.6. The molecule has 2 aromatic rings. The van der Waals surface area contributed by atoms with Crippen LogP contribution >= 0.6 is 11.9 Å². The Morgan fingerprint density at radius 1 is 1.33 bits per heavy atom. The first-order valence-electron chi connectivity index (χ1n) is 10.1. The molecule has 0 bridgehead atoms. The van der Waals surface area contributed by atoms with Gasteiger partial charge in [-0.15, -0.1) is 0 Å². The molecular formula is C20H29N5OS. The third-order valence-electron chi connectivity index (χ3n) is 7.04. The number of H-pyrrole nitrogens is 1. The number of methoxy groups -OCH3 is 1. The minimum Gasteiger partial charge on any atom is -0.381 e. The zero-order valence-electron chi connectivity index (χ0n) is 16.2. The summed E-state index contributed by atoms with van der Waals surface area (Å²) in [5.74, 6) is 3.14. The highest BCUT2D eigenvalue weighted by atomic mass is 32.2. The third kappa shape index (κ3) is 3.23. The molecule has 3 fully saturated rings. The summed E-state index contributed by atoms with van der Waals surface area (Å²) >= 11 is 2.08. The van der Waals surface area contributed by atoms with E-state index in [1.165, 1.54) is 50.9 Å². The van der Waals surface area contributed by atoms with Crippen molar-refractivity contribution in [1.29, 1.82) is 0 Å². The molecule has 7 heteroatoms. The van der Waals surface area contributed by atoms with Crippen LogP contribution in [0.3, 0.4) is 0 Å². The van der Waals surface area contributed by atoms with Crippen molar-refractivity contribution in [3.05, 3.63) is 18.6 Å². The maximum Gasteiger partial charge on any atom is 0.142 e. The Kier molecular flexibility index (Phi) is 4.57. The highest BCUT2D eigenvalue weighted by Gasteiger charge is 2.55. The van der Waals surface area contributed by atoms with Crippen molar-refractivity contribution in [3.8, 4) is 0 Å².